The summed E-state index contributed by atoms with van der Waals surface area (Å²) in [4.78, 5) is 26.4. The summed E-state index contributed by atoms with van der Waals surface area (Å²) in [6, 6.07) is 15.8. The molecule has 2 aromatic heterocycles. The number of H-pyrrole nitrogens is 1. The highest BCUT2D eigenvalue weighted by Gasteiger charge is 2.31. The van der Waals surface area contributed by atoms with Crippen LogP contribution >= 0.6 is 23.4 Å². The molecule has 1 fully saturated rings. The Kier molecular flexibility index (Phi) is 6.25. The summed E-state index contributed by atoms with van der Waals surface area (Å²) in [6.45, 7) is 2.85. The maximum absolute atomic E-state index is 13.0. The van der Waals surface area contributed by atoms with Crippen molar-refractivity contribution in [2.75, 3.05) is 24.7 Å². The van der Waals surface area contributed by atoms with E-state index in [2.05, 4.69) is 32.5 Å². The molecule has 6 rings (SSSR count). The molecular weight excluding hydrogens is 492 g/mol. The van der Waals surface area contributed by atoms with Gasteiger partial charge in [-0.1, -0.05) is 23.7 Å². The van der Waals surface area contributed by atoms with Crippen LogP contribution in [-0.4, -0.2) is 50.7 Å². The average molecular weight is 519 g/mol. The number of anilines is 1. The second kappa shape index (κ2) is 9.69. The zero-order valence-corrected chi connectivity index (χ0v) is 21.3. The number of fused-ring (bicyclic) bond motifs is 2. The number of hydrogen-bond acceptors (Lipinski definition) is 6. The topological polar surface area (TPSA) is 90.3 Å². The van der Waals surface area contributed by atoms with Crippen LogP contribution in [0.2, 0.25) is 5.02 Å². The van der Waals surface area contributed by atoms with Gasteiger partial charge in [0.25, 0.3) is 0 Å². The number of rotatable bonds is 7. The largest absolute Gasteiger partial charge is 0.398 e. The Morgan fingerprint density at radius 1 is 1.17 bits per heavy atom. The molecule has 4 N–H and O–H groups in total. The minimum atomic E-state index is -0.145. The highest BCUT2D eigenvalue weighted by Crippen LogP contribution is 2.28. The van der Waals surface area contributed by atoms with Crippen LogP contribution in [0.15, 0.2) is 65.8 Å². The Bertz CT molecular complexity index is 1480. The Labute approximate surface area is 218 Å². The maximum atomic E-state index is 13.0. The zero-order valence-electron chi connectivity index (χ0n) is 19.7. The van der Waals surface area contributed by atoms with Gasteiger partial charge in [-0.05, 0) is 48.4 Å². The summed E-state index contributed by atoms with van der Waals surface area (Å²) in [6.07, 6.45) is 4.73. The molecule has 7 nitrogen and oxygen atoms in total. The third kappa shape index (κ3) is 4.76. The van der Waals surface area contributed by atoms with Gasteiger partial charge in [-0.3, -0.25) is 9.78 Å². The summed E-state index contributed by atoms with van der Waals surface area (Å²) < 4.78 is 0. The minimum Gasteiger partial charge on any atom is -0.398 e. The van der Waals surface area contributed by atoms with Gasteiger partial charge in [-0.2, -0.15) is 0 Å². The van der Waals surface area contributed by atoms with E-state index in [4.69, 9.17) is 17.3 Å². The van der Waals surface area contributed by atoms with Gasteiger partial charge < -0.3 is 25.8 Å². The highest BCUT2D eigenvalue weighted by atomic mass is 35.5. The van der Waals surface area contributed by atoms with E-state index in [0.717, 1.165) is 69.2 Å². The number of carbonyl (C=O) groups excluding carboxylic acids is 1. The summed E-state index contributed by atoms with van der Waals surface area (Å²) in [7, 11) is 0. The van der Waals surface area contributed by atoms with Crippen LogP contribution in [0.25, 0.3) is 21.8 Å². The summed E-state index contributed by atoms with van der Waals surface area (Å²) in [5.41, 5.74) is 10.9. The monoisotopic (exact) mass is 518 g/mol. The number of carbonyl (C=O) groups is 1. The van der Waals surface area contributed by atoms with E-state index in [-0.39, 0.29) is 11.9 Å². The van der Waals surface area contributed by atoms with Gasteiger partial charge in [0.15, 0.2) is 0 Å². The van der Waals surface area contributed by atoms with Gasteiger partial charge in [0.05, 0.1) is 24.0 Å². The number of hydrogen-bond donors (Lipinski definition) is 3. The Morgan fingerprint density at radius 3 is 3.00 bits per heavy atom. The van der Waals surface area contributed by atoms with Gasteiger partial charge in [0, 0.05) is 69.6 Å². The molecule has 1 atom stereocenters. The van der Waals surface area contributed by atoms with E-state index in [1.54, 1.807) is 12.3 Å². The van der Waals surface area contributed by atoms with Gasteiger partial charge >= 0.3 is 0 Å². The lowest BCUT2D eigenvalue weighted by molar-refractivity contribution is -0.129. The fraction of sp³-hybridized carbons (Fsp3) is 0.259. The van der Waals surface area contributed by atoms with Crippen LogP contribution in [0.1, 0.15) is 17.7 Å². The van der Waals surface area contributed by atoms with E-state index >= 15 is 0 Å². The first kappa shape index (κ1) is 23.2. The maximum Gasteiger partial charge on any atom is 0.240 e. The smallest absolute Gasteiger partial charge is 0.240 e. The number of aromatic amines is 1. The predicted octanol–water partition coefficient (Wildman–Crippen LogP) is 4.69. The van der Waals surface area contributed by atoms with Crippen LogP contribution in [0.3, 0.4) is 0 Å². The van der Waals surface area contributed by atoms with E-state index in [1.165, 1.54) is 4.91 Å². The zero-order chi connectivity index (χ0) is 24.6. The first-order chi connectivity index (χ1) is 17.5. The molecule has 2 aliphatic rings. The number of thioether (sulfide) groups is 1. The van der Waals surface area contributed by atoms with Gasteiger partial charge in [-0.15, -0.1) is 11.8 Å². The fourth-order valence-electron chi connectivity index (χ4n) is 4.94. The molecule has 2 aromatic carbocycles. The lowest BCUT2D eigenvalue weighted by atomic mass is 10.1. The molecule has 4 heterocycles. The summed E-state index contributed by atoms with van der Waals surface area (Å²) in [5, 5.41) is 6.30. The van der Waals surface area contributed by atoms with Crippen molar-refractivity contribution in [2.24, 2.45) is 0 Å². The second-order valence-electron chi connectivity index (χ2n) is 9.38. The number of nitrogen functional groups attached to an aromatic ring is 1. The van der Waals surface area contributed by atoms with Crippen molar-refractivity contribution in [3.63, 3.8) is 0 Å². The predicted molar refractivity (Wildman–Crippen MR) is 147 cm³/mol. The Balaban J connectivity index is 1.03. The van der Waals surface area contributed by atoms with E-state index in [0.29, 0.717) is 13.1 Å². The first-order valence-electron chi connectivity index (χ1n) is 12.0. The number of nitrogens with zero attached hydrogens (tertiary/aromatic N) is 3. The molecule has 184 valence electrons. The molecule has 9 heteroatoms. The molecule has 0 aliphatic carbocycles. The van der Waals surface area contributed by atoms with E-state index in [9.17, 15) is 4.79 Å². The van der Waals surface area contributed by atoms with Crippen molar-refractivity contribution in [1.29, 1.82) is 0 Å². The van der Waals surface area contributed by atoms with Crippen LogP contribution in [0, 0.1) is 0 Å². The van der Waals surface area contributed by atoms with Crippen LogP contribution in [-0.2, 0) is 17.9 Å². The SMILES string of the molecule is Nc1ccnc2cc(CN3CCC(NCC4=CN(Cc5cc6cc(Cl)ccc6[nH]5)CS4)C3=O)ccc12. The second-order valence-corrected chi connectivity index (χ2v) is 10.9. The molecule has 2 aliphatic heterocycles. The Morgan fingerprint density at radius 2 is 2.08 bits per heavy atom. The van der Waals surface area contributed by atoms with Gasteiger partial charge in [-0.25, -0.2) is 0 Å². The molecule has 1 amide bonds. The lowest BCUT2D eigenvalue weighted by Gasteiger charge is -2.17. The number of likely N-dealkylation sites (tertiary alicyclic amines) is 1. The van der Waals surface area contributed by atoms with Crippen molar-refractivity contribution in [3.05, 3.63) is 82.1 Å². The standard InChI is InChI=1S/C27H27ClN6OS/c28-19-2-4-24-18(10-19)11-20(32-24)14-33-15-21(36-16-33)12-31-25-6-8-34(27(25)35)13-17-1-3-22-23(29)5-7-30-26(22)9-17/h1-5,7,9-11,15,25,31-32H,6,8,12-14,16H2,(H2,29,30). The first-order valence-corrected chi connectivity index (χ1v) is 13.4. The molecule has 0 saturated carbocycles. The molecule has 0 spiro atoms. The third-order valence-electron chi connectivity index (χ3n) is 6.79. The van der Waals surface area contributed by atoms with E-state index < -0.39 is 0 Å². The van der Waals surface area contributed by atoms with Gasteiger partial charge in [0.1, 0.15) is 0 Å². The van der Waals surface area contributed by atoms with Crippen molar-refractivity contribution in [3.8, 4) is 0 Å². The third-order valence-corrected chi connectivity index (χ3v) is 8.11. The van der Waals surface area contributed by atoms with Crippen molar-refractivity contribution >= 4 is 56.8 Å². The number of nitrogens with one attached hydrogen (secondary N) is 2. The average Bonchev–Trinajstić information content (AvgIpc) is 3.57. The number of pyridine rings is 1. The number of nitrogens with two attached hydrogens (primary N) is 1. The van der Waals surface area contributed by atoms with E-state index in [1.807, 2.05) is 53.1 Å². The number of amides is 1. The molecular formula is C27H27ClN6OS. The van der Waals surface area contributed by atoms with Crippen LogP contribution in [0.5, 0.6) is 0 Å². The summed E-state index contributed by atoms with van der Waals surface area (Å²) >= 11 is 7.93. The van der Waals surface area contributed by atoms with Crippen molar-refractivity contribution in [1.82, 2.24) is 25.1 Å². The summed E-state index contributed by atoms with van der Waals surface area (Å²) in [5.74, 6) is 1.06. The molecule has 0 bridgehead atoms. The molecule has 0 radical (unpaired) electrons. The van der Waals surface area contributed by atoms with Gasteiger partial charge in [0.2, 0.25) is 5.91 Å². The number of halogens is 1. The van der Waals surface area contributed by atoms with Crippen LogP contribution < -0.4 is 11.1 Å². The molecule has 1 unspecified atom stereocenters. The lowest BCUT2D eigenvalue weighted by Crippen LogP contribution is -2.38. The molecule has 1 saturated heterocycles. The quantitative estimate of drug-likeness (QED) is 0.329. The number of aromatic nitrogens is 2. The fourth-order valence-corrected chi connectivity index (χ4v) is 6.03. The van der Waals surface area contributed by atoms with Crippen molar-refractivity contribution in [2.45, 2.75) is 25.6 Å². The van der Waals surface area contributed by atoms with Crippen LogP contribution in [0.4, 0.5) is 5.69 Å². The molecule has 36 heavy (non-hydrogen) atoms. The Hall–Kier alpha value is -3.20. The van der Waals surface area contributed by atoms with Crippen molar-refractivity contribution < 1.29 is 4.79 Å². The highest BCUT2D eigenvalue weighted by molar-refractivity contribution is 8.03. The molecule has 4 aromatic rings. The number of benzene rings is 2. The normalized spacial score (nSPS) is 18.1. The minimum absolute atomic E-state index is 0.145.